The van der Waals surface area contributed by atoms with Gasteiger partial charge in [-0.15, -0.1) is 0 Å². The van der Waals surface area contributed by atoms with Gasteiger partial charge >= 0.3 is 0 Å². The Morgan fingerprint density at radius 3 is 2.00 bits per heavy atom. The molecule has 2 heteroatoms. The van der Waals surface area contributed by atoms with Gasteiger partial charge in [0, 0.05) is 0 Å². The monoisotopic (exact) mass is 239 g/mol. The normalized spacial score (nSPS) is 20.2. The fourth-order valence-corrected chi connectivity index (χ4v) is 6.29. The van der Waals surface area contributed by atoms with Crippen LogP contribution in [0.1, 0.15) is 46.5 Å². The Balaban J connectivity index is 2.58. The topological polar surface area (TPSA) is 3.24 Å². The van der Waals surface area contributed by atoms with Gasteiger partial charge < -0.3 is 4.90 Å². The molecule has 0 saturated carbocycles. The lowest BCUT2D eigenvalue weighted by Gasteiger charge is -2.32. The van der Waals surface area contributed by atoms with Gasteiger partial charge in [-0.25, -0.2) is 0 Å². The van der Waals surface area contributed by atoms with Crippen LogP contribution < -0.4 is 0 Å². The average Bonchev–Trinajstić information content (AvgIpc) is 2.57. The van der Waals surface area contributed by atoms with Gasteiger partial charge in [-0.1, -0.05) is 50.6 Å². The van der Waals surface area contributed by atoms with Crippen LogP contribution in [0.15, 0.2) is 11.8 Å². The molecule has 1 nitrogen and oxygen atoms in total. The third kappa shape index (κ3) is 4.06. The smallest absolute Gasteiger partial charge is 0.0912 e. The summed E-state index contributed by atoms with van der Waals surface area (Å²) in [6, 6.07) is 2.81. The predicted molar refractivity (Wildman–Crippen MR) is 76.4 cm³/mol. The van der Waals surface area contributed by atoms with Gasteiger partial charge in [-0.05, 0) is 39.0 Å². The van der Waals surface area contributed by atoms with E-state index < -0.39 is 8.07 Å². The first-order chi connectivity index (χ1) is 7.76. The quantitative estimate of drug-likeness (QED) is 0.655. The van der Waals surface area contributed by atoms with Gasteiger partial charge in [0.05, 0.1) is 8.07 Å². The molecule has 1 heterocycles. The first kappa shape index (κ1) is 14.0. The van der Waals surface area contributed by atoms with Crippen LogP contribution in [0.5, 0.6) is 0 Å². The highest BCUT2D eigenvalue weighted by atomic mass is 28.3. The van der Waals surface area contributed by atoms with E-state index in [-0.39, 0.29) is 0 Å². The standard InChI is InChI=1S/C14H29NSi/c1-4-13-16(5-2,6-3)14-15-11-9-7-8-10-12-15/h4,13H,5-12,14H2,1-3H3. The van der Waals surface area contributed by atoms with Crippen molar-refractivity contribution in [3.05, 3.63) is 11.8 Å². The number of likely N-dealkylation sites (tertiary alicyclic amines) is 1. The second-order valence-electron chi connectivity index (χ2n) is 5.26. The van der Waals surface area contributed by atoms with Crippen molar-refractivity contribution in [1.82, 2.24) is 4.90 Å². The zero-order valence-electron chi connectivity index (χ0n) is 11.5. The van der Waals surface area contributed by atoms with Crippen LogP contribution >= 0.6 is 0 Å². The second kappa shape index (κ2) is 7.28. The van der Waals surface area contributed by atoms with Crippen molar-refractivity contribution < 1.29 is 0 Å². The molecule has 1 aliphatic heterocycles. The van der Waals surface area contributed by atoms with E-state index in [1.165, 1.54) is 57.0 Å². The molecule has 0 unspecified atom stereocenters. The molecule has 1 fully saturated rings. The Kier molecular flexibility index (Phi) is 6.36. The Hall–Kier alpha value is -0.0831. The predicted octanol–water partition coefficient (Wildman–Crippen LogP) is 4.01. The lowest BCUT2D eigenvalue weighted by atomic mass is 10.2. The first-order valence-electron chi connectivity index (χ1n) is 7.12. The van der Waals surface area contributed by atoms with Gasteiger partial charge in [-0.3, -0.25) is 0 Å². The molecule has 94 valence electrons. The molecule has 16 heavy (non-hydrogen) atoms. The van der Waals surface area contributed by atoms with Crippen molar-refractivity contribution >= 4 is 8.07 Å². The number of hydrogen-bond acceptors (Lipinski definition) is 1. The summed E-state index contributed by atoms with van der Waals surface area (Å²) in [4.78, 5) is 2.76. The fourth-order valence-electron chi connectivity index (χ4n) is 2.86. The summed E-state index contributed by atoms with van der Waals surface area (Å²) in [5.41, 5.74) is 2.58. The summed E-state index contributed by atoms with van der Waals surface area (Å²) in [6.45, 7) is 9.69. The number of allylic oxidation sites excluding steroid dienone is 1. The van der Waals surface area contributed by atoms with Crippen LogP contribution in [0.4, 0.5) is 0 Å². The molecule has 1 rings (SSSR count). The van der Waals surface area contributed by atoms with Crippen LogP contribution in [0.3, 0.4) is 0 Å². The summed E-state index contributed by atoms with van der Waals surface area (Å²) in [5.74, 6) is 0. The van der Waals surface area contributed by atoms with Crippen molar-refractivity contribution in [3.63, 3.8) is 0 Å². The molecule has 1 saturated heterocycles. The minimum atomic E-state index is -1.11. The Morgan fingerprint density at radius 2 is 1.56 bits per heavy atom. The highest BCUT2D eigenvalue weighted by Crippen LogP contribution is 2.20. The molecule has 0 spiro atoms. The van der Waals surface area contributed by atoms with Crippen LogP contribution in [0.25, 0.3) is 0 Å². The van der Waals surface area contributed by atoms with Crippen molar-refractivity contribution in [1.29, 1.82) is 0 Å². The van der Waals surface area contributed by atoms with Crippen LogP contribution in [0.2, 0.25) is 12.1 Å². The molecule has 0 N–H and O–H groups in total. The average molecular weight is 239 g/mol. The van der Waals surface area contributed by atoms with Crippen molar-refractivity contribution in [2.75, 3.05) is 19.3 Å². The van der Waals surface area contributed by atoms with E-state index >= 15 is 0 Å². The minimum absolute atomic E-state index is 1.11. The van der Waals surface area contributed by atoms with E-state index in [0.29, 0.717) is 0 Å². The highest BCUT2D eigenvalue weighted by Gasteiger charge is 2.28. The molecular formula is C14H29NSi. The van der Waals surface area contributed by atoms with Crippen LogP contribution in [0, 0.1) is 0 Å². The highest BCUT2D eigenvalue weighted by molar-refractivity contribution is 6.84. The van der Waals surface area contributed by atoms with Gasteiger partial charge in [0.1, 0.15) is 0 Å². The maximum Gasteiger partial charge on any atom is 0.0912 e. The van der Waals surface area contributed by atoms with E-state index in [4.69, 9.17) is 0 Å². The minimum Gasteiger partial charge on any atom is -0.306 e. The molecule has 0 aromatic heterocycles. The Morgan fingerprint density at radius 1 is 1.00 bits per heavy atom. The van der Waals surface area contributed by atoms with Crippen molar-refractivity contribution in [2.45, 2.75) is 58.5 Å². The molecule has 0 amide bonds. The first-order valence-corrected chi connectivity index (χ1v) is 9.82. The molecular weight excluding hydrogens is 210 g/mol. The third-order valence-corrected chi connectivity index (χ3v) is 9.10. The van der Waals surface area contributed by atoms with Gasteiger partial charge in [0.25, 0.3) is 0 Å². The fraction of sp³-hybridized carbons (Fsp3) is 0.857. The van der Waals surface area contributed by atoms with Crippen molar-refractivity contribution in [2.24, 2.45) is 0 Å². The van der Waals surface area contributed by atoms with E-state index in [2.05, 4.69) is 37.4 Å². The maximum absolute atomic E-state index is 2.76. The van der Waals surface area contributed by atoms with Crippen LogP contribution in [-0.2, 0) is 0 Å². The third-order valence-electron chi connectivity index (χ3n) is 4.17. The van der Waals surface area contributed by atoms with E-state index in [1.807, 2.05) is 0 Å². The summed E-state index contributed by atoms with van der Waals surface area (Å²) >= 11 is 0. The Bertz CT molecular complexity index is 201. The second-order valence-corrected chi connectivity index (χ2v) is 10.0. The maximum atomic E-state index is 2.76. The van der Waals surface area contributed by atoms with E-state index in [0.717, 1.165) is 0 Å². The molecule has 0 atom stereocenters. The van der Waals surface area contributed by atoms with Gasteiger partial charge in [-0.2, -0.15) is 0 Å². The van der Waals surface area contributed by atoms with Crippen molar-refractivity contribution in [3.8, 4) is 0 Å². The lowest BCUT2D eigenvalue weighted by Crippen LogP contribution is -2.45. The Labute approximate surface area is 103 Å². The van der Waals surface area contributed by atoms with Gasteiger partial charge in [0.15, 0.2) is 0 Å². The molecule has 1 aliphatic rings. The van der Waals surface area contributed by atoms with Crippen LogP contribution in [-0.4, -0.2) is 32.2 Å². The SMILES string of the molecule is CC=C[Si](CC)(CC)CN1CCCCCC1. The van der Waals surface area contributed by atoms with E-state index in [1.54, 1.807) is 0 Å². The van der Waals surface area contributed by atoms with Gasteiger partial charge in [0.2, 0.25) is 0 Å². The molecule has 0 radical (unpaired) electrons. The van der Waals surface area contributed by atoms with E-state index in [9.17, 15) is 0 Å². The molecule has 0 aromatic carbocycles. The molecule has 0 aromatic rings. The number of rotatable bonds is 5. The molecule has 0 bridgehead atoms. The number of nitrogens with zero attached hydrogens (tertiary/aromatic N) is 1. The zero-order chi connectivity index (χ0) is 11.9. The molecule has 0 aliphatic carbocycles. The zero-order valence-corrected chi connectivity index (χ0v) is 12.5. The largest absolute Gasteiger partial charge is 0.306 e. The number of hydrogen-bond donors (Lipinski definition) is 0. The summed E-state index contributed by atoms with van der Waals surface area (Å²) in [6.07, 6.45) is 9.46. The lowest BCUT2D eigenvalue weighted by molar-refractivity contribution is 0.325. The summed E-state index contributed by atoms with van der Waals surface area (Å²) in [7, 11) is -1.11. The summed E-state index contributed by atoms with van der Waals surface area (Å²) in [5, 5.41) is 0. The summed E-state index contributed by atoms with van der Waals surface area (Å²) < 4.78 is 0.